The van der Waals surface area contributed by atoms with Crippen molar-refractivity contribution < 1.29 is 14.3 Å². The molecule has 0 unspecified atom stereocenters. The Kier molecular flexibility index (Phi) is 5.25. The maximum Gasteiger partial charge on any atom is 0.357 e. The van der Waals surface area contributed by atoms with Crippen molar-refractivity contribution in [2.75, 3.05) is 6.61 Å². The molecule has 0 bridgehead atoms. The molecule has 1 heterocycles. The van der Waals surface area contributed by atoms with Gasteiger partial charge in [0.1, 0.15) is 0 Å². The molecule has 0 saturated heterocycles. The van der Waals surface area contributed by atoms with Gasteiger partial charge >= 0.3 is 5.97 Å². The SMILES string of the molecule is CCOC(=O)c1nc(CNC(=O)C(C)(C)C)ccc1C. The molecular weight excluding hydrogens is 256 g/mol. The molecule has 0 aromatic carbocycles. The molecule has 5 nitrogen and oxygen atoms in total. The van der Waals surface area contributed by atoms with Crippen LogP contribution in [0.4, 0.5) is 0 Å². The van der Waals surface area contributed by atoms with Crippen molar-refractivity contribution in [3.05, 3.63) is 29.1 Å². The fraction of sp³-hybridized carbons (Fsp3) is 0.533. The Morgan fingerprint density at radius 1 is 1.30 bits per heavy atom. The number of nitrogens with zero attached hydrogens (tertiary/aromatic N) is 1. The van der Waals surface area contributed by atoms with Crippen molar-refractivity contribution in [2.24, 2.45) is 5.41 Å². The largest absolute Gasteiger partial charge is 0.461 e. The van der Waals surface area contributed by atoms with E-state index in [0.29, 0.717) is 24.5 Å². The smallest absolute Gasteiger partial charge is 0.357 e. The van der Waals surface area contributed by atoms with Crippen LogP contribution < -0.4 is 5.32 Å². The van der Waals surface area contributed by atoms with Gasteiger partial charge in [-0.25, -0.2) is 9.78 Å². The Labute approximate surface area is 119 Å². The summed E-state index contributed by atoms with van der Waals surface area (Å²) in [6.07, 6.45) is 0. The molecule has 20 heavy (non-hydrogen) atoms. The Morgan fingerprint density at radius 3 is 2.50 bits per heavy atom. The van der Waals surface area contributed by atoms with Crippen LogP contribution in [0.1, 0.15) is 49.4 Å². The summed E-state index contributed by atoms with van der Waals surface area (Å²) in [7, 11) is 0. The van der Waals surface area contributed by atoms with Crippen LogP contribution in [0.3, 0.4) is 0 Å². The molecule has 0 spiro atoms. The van der Waals surface area contributed by atoms with Gasteiger partial charge in [-0.1, -0.05) is 26.8 Å². The molecule has 110 valence electrons. The minimum Gasteiger partial charge on any atom is -0.461 e. The third-order valence-corrected chi connectivity index (χ3v) is 2.73. The zero-order valence-corrected chi connectivity index (χ0v) is 12.7. The number of esters is 1. The molecule has 1 N–H and O–H groups in total. The average Bonchev–Trinajstić information content (AvgIpc) is 2.36. The lowest BCUT2D eigenvalue weighted by molar-refractivity contribution is -0.128. The maximum atomic E-state index is 11.8. The fourth-order valence-corrected chi connectivity index (χ4v) is 1.51. The second-order valence-electron chi connectivity index (χ2n) is 5.62. The van der Waals surface area contributed by atoms with E-state index in [1.807, 2.05) is 20.8 Å². The number of amides is 1. The summed E-state index contributed by atoms with van der Waals surface area (Å²) in [5, 5.41) is 2.80. The van der Waals surface area contributed by atoms with Crippen LogP contribution >= 0.6 is 0 Å². The van der Waals surface area contributed by atoms with Gasteiger partial charge in [-0.2, -0.15) is 0 Å². The first kappa shape index (κ1) is 16.1. The zero-order chi connectivity index (χ0) is 15.3. The van der Waals surface area contributed by atoms with Gasteiger partial charge in [0.2, 0.25) is 5.91 Å². The number of carbonyl (C=O) groups is 2. The molecule has 0 aliphatic carbocycles. The first-order valence-corrected chi connectivity index (χ1v) is 6.67. The van der Waals surface area contributed by atoms with Crippen LogP contribution in [0.2, 0.25) is 0 Å². The number of nitrogens with one attached hydrogen (secondary N) is 1. The zero-order valence-electron chi connectivity index (χ0n) is 12.7. The van der Waals surface area contributed by atoms with Gasteiger partial charge in [-0.3, -0.25) is 4.79 Å². The van der Waals surface area contributed by atoms with Gasteiger partial charge in [0.15, 0.2) is 5.69 Å². The van der Waals surface area contributed by atoms with E-state index < -0.39 is 11.4 Å². The lowest BCUT2D eigenvalue weighted by Crippen LogP contribution is -2.34. The van der Waals surface area contributed by atoms with Crippen LogP contribution in [-0.2, 0) is 16.1 Å². The molecule has 0 atom stereocenters. The first-order valence-electron chi connectivity index (χ1n) is 6.67. The molecule has 0 fully saturated rings. The fourth-order valence-electron chi connectivity index (χ4n) is 1.51. The first-order chi connectivity index (χ1) is 9.25. The Morgan fingerprint density at radius 2 is 1.95 bits per heavy atom. The second-order valence-corrected chi connectivity index (χ2v) is 5.62. The molecule has 5 heteroatoms. The van der Waals surface area contributed by atoms with E-state index >= 15 is 0 Å². The van der Waals surface area contributed by atoms with E-state index in [2.05, 4.69) is 10.3 Å². The van der Waals surface area contributed by atoms with E-state index in [1.54, 1.807) is 26.0 Å². The lowest BCUT2D eigenvalue weighted by Gasteiger charge is -2.17. The molecule has 0 aliphatic heterocycles. The van der Waals surface area contributed by atoms with Gasteiger partial charge in [0, 0.05) is 5.41 Å². The van der Waals surface area contributed by atoms with Crippen molar-refractivity contribution in [2.45, 2.75) is 41.2 Å². The van der Waals surface area contributed by atoms with Crippen LogP contribution in [0.25, 0.3) is 0 Å². The summed E-state index contributed by atoms with van der Waals surface area (Å²) in [6.45, 7) is 9.68. The average molecular weight is 278 g/mol. The molecule has 1 aromatic rings. The van der Waals surface area contributed by atoms with Gasteiger partial charge < -0.3 is 10.1 Å². The van der Waals surface area contributed by atoms with Crippen LogP contribution in [-0.4, -0.2) is 23.5 Å². The summed E-state index contributed by atoms with van der Waals surface area (Å²) in [6, 6.07) is 3.60. The molecule has 1 rings (SSSR count). The molecular formula is C15H22N2O3. The highest BCUT2D eigenvalue weighted by atomic mass is 16.5. The van der Waals surface area contributed by atoms with E-state index in [1.165, 1.54) is 0 Å². The highest BCUT2D eigenvalue weighted by molar-refractivity contribution is 5.88. The summed E-state index contributed by atoms with van der Waals surface area (Å²) in [4.78, 5) is 27.8. The van der Waals surface area contributed by atoms with Crippen LogP contribution in [0, 0.1) is 12.3 Å². The molecule has 1 aromatic heterocycles. The van der Waals surface area contributed by atoms with E-state index in [0.717, 1.165) is 5.56 Å². The summed E-state index contributed by atoms with van der Waals surface area (Å²) in [5.41, 5.74) is 1.24. The molecule has 1 amide bonds. The van der Waals surface area contributed by atoms with Gasteiger partial charge in [-0.05, 0) is 25.5 Å². The van der Waals surface area contributed by atoms with Crippen molar-refractivity contribution in [3.8, 4) is 0 Å². The third kappa shape index (κ3) is 4.33. The van der Waals surface area contributed by atoms with Crippen molar-refractivity contribution in [1.29, 1.82) is 0 Å². The minimum atomic E-state index is -0.450. The number of carbonyl (C=O) groups excluding carboxylic acids is 2. The number of aromatic nitrogens is 1. The van der Waals surface area contributed by atoms with Crippen molar-refractivity contribution in [3.63, 3.8) is 0 Å². The summed E-state index contributed by atoms with van der Waals surface area (Å²) < 4.78 is 4.95. The molecule has 0 radical (unpaired) electrons. The van der Waals surface area contributed by atoms with E-state index in [9.17, 15) is 9.59 Å². The van der Waals surface area contributed by atoms with Crippen molar-refractivity contribution in [1.82, 2.24) is 10.3 Å². The monoisotopic (exact) mass is 278 g/mol. The Hall–Kier alpha value is -1.91. The lowest BCUT2D eigenvalue weighted by atomic mass is 9.96. The third-order valence-electron chi connectivity index (χ3n) is 2.73. The topological polar surface area (TPSA) is 68.3 Å². The normalized spacial score (nSPS) is 11.1. The number of hydrogen-bond acceptors (Lipinski definition) is 4. The van der Waals surface area contributed by atoms with Crippen LogP contribution in [0.5, 0.6) is 0 Å². The highest BCUT2D eigenvalue weighted by Gasteiger charge is 2.21. The number of aryl methyl sites for hydroxylation is 1. The Balaban J connectivity index is 2.80. The molecule has 0 saturated carbocycles. The Bertz CT molecular complexity index is 504. The van der Waals surface area contributed by atoms with Crippen LogP contribution in [0.15, 0.2) is 12.1 Å². The quantitative estimate of drug-likeness (QED) is 0.858. The van der Waals surface area contributed by atoms with Gasteiger partial charge in [0.25, 0.3) is 0 Å². The number of rotatable bonds is 4. The van der Waals surface area contributed by atoms with E-state index in [4.69, 9.17) is 4.74 Å². The number of ether oxygens (including phenoxy) is 1. The molecule has 0 aliphatic rings. The van der Waals surface area contributed by atoms with Gasteiger partial charge in [-0.15, -0.1) is 0 Å². The van der Waals surface area contributed by atoms with E-state index in [-0.39, 0.29) is 5.91 Å². The minimum absolute atomic E-state index is 0.0578. The second kappa shape index (κ2) is 6.50. The number of hydrogen-bond donors (Lipinski definition) is 1. The summed E-state index contributed by atoms with van der Waals surface area (Å²) >= 11 is 0. The number of pyridine rings is 1. The standard InChI is InChI=1S/C15H22N2O3/c1-6-20-13(18)12-10(2)7-8-11(17-12)9-16-14(19)15(3,4)5/h7-8H,6,9H2,1-5H3,(H,16,19). The van der Waals surface area contributed by atoms with Gasteiger partial charge in [0.05, 0.1) is 18.8 Å². The predicted molar refractivity (Wildman–Crippen MR) is 76.2 cm³/mol. The maximum absolute atomic E-state index is 11.8. The van der Waals surface area contributed by atoms with Crippen molar-refractivity contribution >= 4 is 11.9 Å². The highest BCUT2D eigenvalue weighted by Crippen LogP contribution is 2.13. The summed E-state index contributed by atoms with van der Waals surface area (Å²) in [5.74, 6) is -0.494. The predicted octanol–water partition coefficient (Wildman–Crippen LogP) is 2.23.